The molecule has 0 saturated heterocycles. The minimum atomic E-state index is -0.226. The number of thiazole rings is 1. The van der Waals surface area contributed by atoms with E-state index in [0.717, 1.165) is 22.6 Å². The summed E-state index contributed by atoms with van der Waals surface area (Å²) >= 11 is 1.09. The molecule has 19 heavy (non-hydrogen) atoms. The van der Waals surface area contributed by atoms with Gasteiger partial charge in [0.05, 0.1) is 5.56 Å². The van der Waals surface area contributed by atoms with E-state index in [4.69, 9.17) is 0 Å². The van der Waals surface area contributed by atoms with Crippen LogP contribution in [-0.2, 0) is 0 Å². The zero-order valence-corrected chi connectivity index (χ0v) is 11.3. The SMILES string of the molecule is CNc1ccc(C(=O)Nc2[nH+]cc(N=O)s2)c(C)c1. The topological polar surface area (TPSA) is 84.7 Å². The van der Waals surface area contributed by atoms with Crippen LogP contribution in [0.2, 0.25) is 0 Å². The van der Waals surface area contributed by atoms with E-state index in [-0.39, 0.29) is 10.9 Å². The molecule has 1 aromatic carbocycles. The summed E-state index contributed by atoms with van der Waals surface area (Å²) in [6, 6.07) is 5.48. The Morgan fingerprint density at radius 3 is 2.79 bits per heavy atom. The third-order valence-corrected chi connectivity index (χ3v) is 3.44. The Balaban J connectivity index is 2.17. The van der Waals surface area contributed by atoms with Gasteiger partial charge in [0.25, 0.3) is 0 Å². The zero-order chi connectivity index (χ0) is 13.8. The number of hydrogen-bond donors (Lipinski definition) is 2. The lowest BCUT2D eigenvalue weighted by Gasteiger charge is -2.05. The number of carbonyl (C=O) groups is 1. The summed E-state index contributed by atoms with van der Waals surface area (Å²) < 4.78 is 0. The van der Waals surface area contributed by atoms with Crippen LogP contribution in [0.1, 0.15) is 15.9 Å². The third kappa shape index (κ3) is 2.94. The number of aryl methyl sites for hydroxylation is 1. The van der Waals surface area contributed by atoms with Crippen molar-refractivity contribution in [2.24, 2.45) is 5.18 Å². The highest BCUT2D eigenvalue weighted by Crippen LogP contribution is 2.23. The van der Waals surface area contributed by atoms with Gasteiger partial charge in [0, 0.05) is 12.7 Å². The molecule has 98 valence electrons. The number of nitrogens with one attached hydrogen (secondary N) is 3. The maximum Gasteiger partial charge on any atom is 0.341 e. The summed E-state index contributed by atoms with van der Waals surface area (Å²) in [4.78, 5) is 25.2. The second-order valence-corrected chi connectivity index (χ2v) is 4.91. The van der Waals surface area contributed by atoms with E-state index in [1.165, 1.54) is 6.20 Å². The fraction of sp³-hybridized carbons (Fsp3) is 0.167. The van der Waals surface area contributed by atoms with E-state index in [1.54, 1.807) is 6.07 Å². The molecule has 0 aliphatic rings. The van der Waals surface area contributed by atoms with Gasteiger partial charge in [-0.1, -0.05) is 0 Å². The molecule has 0 bridgehead atoms. The molecule has 0 saturated carbocycles. The Kier molecular flexibility index (Phi) is 3.86. The fourth-order valence-corrected chi connectivity index (χ4v) is 2.27. The van der Waals surface area contributed by atoms with E-state index >= 15 is 0 Å². The highest BCUT2D eigenvalue weighted by molar-refractivity contribution is 7.18. The number of carbonyl (C=O) groups excluding carboxylic acids is 1. The molecule has 0 radical (unpaired) electrons. The van der Waals surface area contributed by atoms with Gasteiger partial charge in [-0.05, 0) is 47.2 Å². The molecule has 6 nitrogen and oxygen atoms in total. The molecule has 0 atom stereocenters. The third-order valence-electron chi connectivity index (χ3n) is 2.61. The molecule has 1 aromatic heterocycles. The van der Waals surface area contributed by atoms with E-state index in [0.29, 0.717) is 10.7 Å². The van der Waals surface area contributed by atoms with Crippen molar-refractivity contribution in [2.75, 3.05) is 17.7 Å². The summed E-state index contributed by atoms with van der Waals surface area (Å²) in [5.74, 6) is -0.226. The van der Waals surface area contributed by atoms with Gasteiger partial charge in [0.2, 0.25) is 5.00 Å². The molecular weight excluding hydrogens is 264 g/mol. The first kappa shape index (κ1) is 13.2. The Morgan fingerprint density at radius 1 is 1.42 bits per heavy atom. The predicted molar refractivity (Wildman–Crippen MR) is 75.0 cm³/mol. The van der Waals surface area contributed by atoms with Gasteiger partial charge in [-0.3, -0.25) is 0 Å². The maximum absolute atomic E-state index is 12.1. The highest BCUT2D eigenvalue weighted by atomic mass is 32.1. The predicted octanol–water partition coefficient (Wildman–Crippen LogP) is 2.56. The second kappa shape index (κ2) is 5.57. The first-order valence-electron chi connectivity index (χ1n) is 5.58. The van der Waals surface area contributed by atoms with E-state index in [2.05, 4.69) is 20.8 Å². The quantitative estimate of drug-likeness (QED) is 0.842. The number of aromatic amines is 1. The van der Waals surface area contributed by atoms with Crippen LogP contribution in [0.15, 0.2) is 29.6 Å². The van der Waals surface area contributed by atoms with Crippen molar-refractivity contribution >= 4 is 33.1 Å². The van der Waals surface area contributed by atoms with Crippen molar-refractivity contribution in [1.82, 2.24) is 0 Å². The van der Waals surface area contributed by atoms with Crippen molar-refractivity contribution in [3.05, 3.63) is 40.4 Å². The number of anilines is 2. The Labute approximate surface area is 113 Å². The number of aromatic nitrogens is 1. The molecule has 1 heterocycles. The first-order valence-corrected chi connectivity index (χ1v) is 6.40. The minimum Gasteiger partial charge on any atom is -0.388 e. The fourth-order valence-electron chi connectivity index (χ4n) is 1.64. The van der Waals surface area contributed by atoms with Crippen LogP contribution < -0.4 is 15.6 Å². The number of rotatable bonds is 4. The highest BCUT2D eigenvalue weighted by Gasteiger charge is 2.17. The molecule has 2 aromatic rings. The standard InChI is InChI=1S/C12H12N4O2S/c1-7-5-8(13-2)3-4-9(7)11(17)15-12-14-6-10(16-18)19-12/h3-6,13H,1-2H3,(H,14,15,17)/p+1. The molecule has 3 N–H and O–H groups in total. The van der Waals surface area contributed by atoms with E-state index in [9.17, 15) is 9.70 Å². The average Bonchev–Trinajstić information content (AvgIpc) is 2.86. The van der Waals surface area contributed by atoms with Crippen LogP contribution >= 0.6 is 11.3 Å². The van der Waals surface area contributed by atoms with Gasteiger partial charge in [-0.15, -0.1) is 4.91 Å². The Hall–Kier alpha value is -2.28. The summed E-state index contributed by atoms with van der Waals surface area (Å²) in [6.07, 6.45) is 1.45. The first-order chi connectivity index (χ1) is 9.13. The number of hydrogen-bond acceptors (Lipinski definition) is 5. The molecule has 1 amide bonds. The summed E-state index contributed by atoms with van der Waals surface area (Å²) in [5, 5.41) is 9.27. The number of H-pyrrole nitrogens is 1. The van der Waals surface area contributed by atoms with E-state index in [1.807, 2.05) is 26.1 Å². The minimum absolute atomic E-state index is 0.226. The van der Waals surface area contributed by atoms with Crippen LogP contribution in [0, 0.1) is 11.8 Å². The van der Waals surface area contributed by atoms with Gasteiger partial charge >= 0.3 is 11.0 Å². The number of nitroso groups, excluding NO2 is 1. The molecule has 0 aliphatic heterocycles. The molecule has 2 rings (SSSR count). The summed E-state index contributed by atoms with van der Waals surface area (Å²) in [6.45, 7) is 1.87. The van der Waals surface area contributed by atoms with Crippen LogP contribution in [0.25, 0.3) is 0 Å². The average molecular weight is 277 g/mol. The smallest absolute Gasteiger partial charge is 0.341 e. The molecule has 0 unspecified atom stereocenters. The lowest BCUT2D eigenvalue weighted by atomic mass is 10.1. The largest absolute Gasteiger partial charge is 0.388 e. The molecular formula is C12H13N4O2S+. The van der Waals surface area contributed by atoms with Crippen LogP contribution in [0.4, 0.5) is 15.8 Å². The lowest BCUT2D eigenvalue weighted by molar-refractivity contribution is -0.353. The molecule has 0 aliphatic carbocycles. The normalized spacial score (nSPS) is 10.0. The Bertz CT molecular complexity index is 624. The van der Waals surface area contributed by atoms with Gasteiger partial charge in [-0.25, -0.2) is 9.78 Å². The van der Waals surface area contributed by atoms with E-state index < -0.39 is 0 Å². The van der Waals surface area contributed by atoms with Crippen molar-refractivity contribution in [1.29, 1.82) is 0 Å². The summed E-state index contributed by atoms with van der Waals surface area (Å²) in [5.41, 5.74) is 2.40. The monoisotopic (exact) mass is 277 g/mol. The number of nitrogens with zero attached hydrogens (tertiary/aromatic N) is 1. The van der Waals surface area contributed by atoms with Crippen molar-refractivity contribution in [2.45, 2.75) is 6.92 Å². The van der Waals surface area contributed by atoms with Gasteiger partial charge in [-0.2, -0.15) is 5.32 Å². The van der Waals surface area contributed by atoms with Crippen molar-refractivity contribution < 1.29 is 9.78 Å². The van der Waals surface area contributed by atoms with Crippen LogP contribution in [0.5, 0.6) is 0 Å². The molecule has 0 spiro atoms. The van der Waals surface area contributed by atoms with Crippen molar-refractivity contribution in [3.8, 4) is 0 Å². The van der Waals surface area contributed by atoms with Gasteiger partial charge in [0.1, 0.15) is 6.20 Å². The number of benzene rings is 1. The summed E-state index contributed by atoms with van der Waals surface area (Å²) in [7, 11) is 1.82. The number of amides is 1. The Morgan fingerprint density at radius 2 is 2.21 bits per heavy atom. The zero-order valence-electron chi connectivity index (χ0n) is 10.5. The second-order valence-electron chi connectivity index (χ2n) is 3.88. The van der Waals surface area contributed by atoms with Crippen LogP contribution in [0.3, 0.4) is 0 Å². The molecule has 7 heteroatoms. The van der Waals surface area contributed by atoms with Crippen LogP contribution in [-0.4, -0.2) is 13.0 Å². The van der Waals surface area contributed by atoms with Gasteiger partial charge in [0.15, 0.2) is 0 Å². The molecule has 0 fully saturated rings. The lowest BCUT2D eigenvalue weighted by Crippen LogP contribution is -2.17. The van der Waals surface area contributed by atoms with Gasteiger partial charge < -0.3 is 5.32 Å². The maximum atomic E-state index is 12.1. The van der Waals surface area contributed by atoms with Crippen molar-refractivity contribution in [3.63, 3.8) is 0 Å².